The maximum Gasteiger partial charge on any atom is 0.231 e. The number of benzene rings is 1. The van der Waals surface area contributed by atoms with Crippen LogP contribution in [0.2, 0.25) is 0 Å². The summed E-state index contributed by atoms with van der Waals surface area (Å²) < 4.78 is 7.29. The van der Waals surface area contributed by atoms with Gasteiger partial charge >= 0.3 is 0 Å². The summed E-state index contributed by atoms with van der Waals surface area (Å²) in [6, 6.07) is 13.9. The maximum atomic E-state index is 12.6. The van der Waals surface area contributed by atoms with E-state index in [0.717, 1.165) is 34.7 Å². The number of nitrogens with one attached hydrogen (secondary N) is 1. The first kappa shape index (κ1) is 14.9. The molecule has 1 atom stereocenters. The molecule has 2 aromatic heterocycles. The summed E-state index contributed by atoms with van der Waals surface area (Å²) in [5.74, 6) is 0.619. The third-order valence-electron chi connectivity index (χ3n) is 4.43. The SMILES string of the molecule is Cc1cccn2c(NC(=O)C3CCOC3)c(-c3ccccc3)nc12. The van der Waals surface area contributed by atoms with Gasteiger partial charge in [0.15, 0.2) is 0 Å². The van der Waals surface area contributed by atoms with Crippen LogP contribution in [0.5, 0.6) is 0 Å². The van der Waals surface area contributed by atoms with E-state index in [9.17, 15) is 4.79 Å². The van der Waals surface area contributed by atoms with E-state index >= 15 is 0 Å². The largest absolute Gasteiger partial charge is 0.381 e. The Bertz CT molecular complexity index is 880. The smallest absolute Gasteiger partial charge is 0.231 e. The Kier molecular flexibility index (Phi) is 3.78. The predicted octanol–water partition coefficient (Wildman–Crippen LogP) is 3.28. The number of hydrogen-bond donors (Lipinski definition) is 1. The molecule has 0 radical (unpaired) electrons. The second kappa shape index (κ2) is 6.09. The van der Waals surface area contributed by atoms with Crippen molar-refractivity contribution in [1.29, 1.82) is 0 Å². The van der Waals surface area contributed by atoms with Gasteiger partial charge in [-0.1, -0.05) is 36.4 Å². The van der Waals surface area contributed by atoms with E-state index in [-0.39, 0.29) is 11.8 Å². The van der Waals surface area contributed by atoms with E-state index in [4.69, 9.17) is 9.72 Å². The van der Waals surface area contributed by atoms with Crippen LogP contribution in [-0.4, -0.2) is 28.5 Å². The van der Waals surface area contributed by atoms with Crippen LogP contribution in [0.25, 0.3) is 16.9 Å². The number of imidazole rings is 1. The molecular weight excluding hydrogens is 302 g/mol. The van der Waals surface area contributed by atoms with Crippen molar-refractivity contribution >= 4 is 17.4 Å². The van der Waals surface area contributed by atoms with Crippen LogP contribution < -0.4 is 5.32 Å². The van der Waals surface area contributed by atoms with E-state index in [0.29, 0.717) is 13.2 Å². The van der Waals surface area contributed by atoms with E-state index in [1.165, 1.54) is 0 Å². The minimum Gasteiger partial charge on any atom is -0.381 e. The number of carbonyl (C=O) groups is 1. The third-order valence-corrected chi connectivity index (χ3v) is 4.43. The van der Waals surface area contributed by atoms with Gasteiger partial charge in [0.05, 0.1) is 12.5 Å². The molecule has 122 valence electrons. The van der Waals surface area contributed by atoms with Crippen molar-refractivity contribution in [2.45, 2.75) is 13.3 Å². The minimum absolute atomic E-state index is 0.00649. The first-order valence-electron chi connectivity index (χ1n) is 8.16. The van der Waals surface area contributed by atoms with Gasteiger partial charge in [-0.25, -0.2) is 4.98 Å². The Labute approximate surface area is 140 Å². The van der Waals surface area contributed by atoms with Crippen LogP contribution in [0, 0.1) is 12.8 Å². The number of nitrogens with zero attached hydrogens (tertiary/aromatic N) is 2. The van der Waals surface area contributed by atoms with Crippen molar-refractivity contribution in [2.24, 2.45) is 5.92 Å². The number of rotatable bonds is 3. The molecular formula is C19H19N3O2. The van der Waals surface area contributed by atoms with Crippen molar-refractivity contribution < 1.29 is 9.53 Å². The van der Waals surface area contributed by atoms with Crippen LogP contribution >= 0.6 is 0 Å². The van der Waals surface area contributed by atoms with Crippen molar-refractivity contribution in [2.75, 3.05) is 18.5 Å². The molecule has 0 saturated carbocycles. The standard InChI is InChI=1S/C19H19N3O2/c1-13-6-5-10-22-17(13)20-16(14-7-3-2-4-8-14)18(22)21-19(23)15-9-11-24-12-15/h2-8,10,15H,9,11-12H2,1H3,(H,21,23). The molecule has 1 amide bonds. The molecule has 1 aliphatic heterocycles. The predicted molar refractivity (Wildman–Crippen MR) is 92.9 cm³/mol. The third kappa shape index (κ3) is 2.57. The number of ether oxygens (including phenoxy) is 1. The quantitative estimate of drug-likeness (QED) is 0.805. The fraction of sp³-hybridized carbons (Fsp3) is 0.263. The number of amides is 1. The summed E-state index contributed by atoms with van der Waals surface area (Å²) in [6.07, 6.45) is 2.70. The molecule has 1 saturated heterocycles. The molecule has 3 aromatic rings. The molecule has 0 bridgehead atoms. The molecule has 1 aromatic carbocycles. The van der Waals surface area contributed by atoms with Gasteiger partial charge in [-0.15, -0.1) is 0 Å². The molecule has 24 heavy (non-hydrogen) atoms. The highest BCUT2D eigenvalue weighted by molar-refractivity contribution is 5.96. The normalized spacial score (nSPS) is 17.3. The van der Waals surface area contributed by atoms with Gasteiger partial charge in [-0.2, -0.15) is 0 Å². The summed E-state index contributed by atoms with van der Waals surface area (Å²) in [5.41, 5.74) is 3.70. The second-order valence-corrected chi connectivity index (χ2v) is 6.11. The highest BCUT2D eigenvalue weighted by Crippen LogP contribution is 2.30. The summed E-state index contributed by atoms with van der Waals surface area (Å²) in [7, 11) is 0. The monoisotopic (exact) mass is 321 g/mol. The lowest BCUT2D eigenvalue weighted by Crippen LogP contribution is -2.23. The van der Waals surface area contributed by atoms with Crippen molar-refractivity contribution in [1.82, 2.24) is 9.38 Å². The number of aryl methyl sites for hydroxylation is 1. The molecule has 5 nitrogen and oxygen atoms in total. The highest BCUT2D eigenvalue weighted by atomic mass is 16.5. The fourth-order valence-electron chi connectivity index (χ4n) is 3.08. The van der Waals surface area contributed by atoms with Gasteiger partial charge in [-0.05, 0) is 25.0 Å². The Morgan fingerprint density at radius 1 is 1.25 bits per heavy atom. The van der Waals surface area contributed by atoms with Gasteiger partial charge in [0.1, 0.15) is 17.2 Å². The Morgan fingerprint density at radius 3 is 2.83 bits per heavy atom. The van der Waals surface area contributed by atoms with Crippen LogP contribution in [0.15, 0.2) is 48.7 Å². The highest BCUT2D eigenvalue weighted by Gasteiger charge is 2.26. The number of hydrogen-bond acceptors (Lipinski definition) is 3. The van der Waals surface area contributed by atoms with Gasteiger partial charge < -0.3 is 10.1 Å². The number of carbonyl (C=O) groups excluding carboxylic acids is 1. The average molecular weight is 321 g/mol. The van der Waals surface area contributed by atoms with Crippen LogP contribution in [0.1, 0.15) is 12.0 Å². The molecule has 1 fully saturated rings. The zero-order valence-corrected chi connectivity index (χ0v) is 13.5. The zero-order chi connectivity index (χ0) is 16.5. The lowest BCUT2D eigenvalue weighted by atomic mass is 10.1. The van der Waals surface area contributed by atoms with E-state index in [1.807, 2.05) is 60.0 Å². The average Bonchev–Trinajstić information content (AvgIpc) is 3.25. The molecule has 1 N–H and O–H groups in total. The minimum atomic E-state index is -0.0935. The lowest BCUT2D eigenvalue weighted by Gasteiger charge is -2.11. The Balaban J connectivity index is 1.82. The van der Waals surface area contributed by atoms with E-state index in [2.05, 4.69) is 5.32 Å². The first-order valence-corrected chi connectivity index (χ1v) is 8.16. The number of fused-ring (bicyclic) bond motifs is 1. The van der Waals surface area contributed by atoms with E-state index < -0.39 is 0 Å². The van der Waals surface area contributed by atoms with Crippen molar-refractivity contribution in [3.63, 3.8) is 0 Å². The Hall–Kier alpha value is -2.66. The molecule has 5 heteroatoms. The maximum absolute atomic E-state index is 12.6. The summed E-state index contributed by atoms with van der Waals surface area (Å²) in [6.45, 7) is 3.16. The number of aromatic nitrogens is 2. The van der Waals surface area contributed by atoms with Crippen molar-refractivity contribution in [3.8, 4) is 11.3 Å². The van der Waals surface area contributed by atoms with Gasteiger partial charge in [0.2, 0.25) is 5.91 Å². The molecule has 0 aliphatic carbocycles. The van der Waals surface area contributed by atoms with Crippen molar-refractivity contribution in [3.05, 3.63) is 54.2 Å². The molecule has 1 unspecified atom stereocenters. The Morgan fingerprint density at radius 2 is 2.08 bits per heavy atom. The zero-order valence-electron chi connectivity index (χ0n) is 13.5. The topological polar surface area (TPSA) is 55.6 Å². The van der Waals surface area contributed by atoms with Gasteiger partial charge in [-0.3, -0.25) is 9.20 Å². The second-order valence-electron chi connectivity index (χ2n) is 6.11. The summed E-state index contributed by atoms with van der Waals surface area (Å²) >= 11 is 0. The van der Waals surface area contributed by atoms with Crippen LogP contribution in [0.4, 0.5) is 5.82 Å². The summed E-state index contributed by atoms with van der Waals surface area (Å²) in [4.78, 5) is 17.4. The van der Waals surface area contributed by atoms with Crippen LogP contribution in [-0.2, 0) is 9.53 Å². The number of pyridine rings is 1. The molecule has 1 aliphatic rings. The molecule has 3 heterocycles. The first-order chi connectivity index (χ1) is 11.7. The van der Waals surface area contributed by atoms with Gasteiger partial charge in [0.25, 0.3) is 0 Å². The molecule has 0 spiro atoms. The van der Waals surface area contributed by atoms with Crippen LogP contribution in [0.3, 0.4) is 0 Å². The van der Waals surface area contributed by atoms with E-state index in [1.54, 1.807) is 0 Å². The lowest BCUT2D eigenvalue weighted by molar-refractivity contribution is -0.119. The van der Waals surface area contributed by atoms with Gasteiger partial charge in [0, 0.05) is 18.4 Å². The number of anilines is 1. The fourth-order valence-corrected chi connectivity index (χ4v) is 3.08. The summed E-state index contributed by atoms with van der Waals surface area (Å²) in [5, 5.41) is 3.08. The molecule has 4 rings (SSSR count).